The molecule has 0 unspecified atom stereocenters. The third-order valence-corrected chi connectivity index (χ3v) is 3.26. The number of carbonyl (C=O) groups is 1. The molecule has 0 radical (unpaired) electrons. The molecule has 0 aliphatic heterocycles. The summed E-state index contributed by atoms with van der Waals surface area (Å²) in [4.78, 5) is 12.6. The monoisotopic (exact) mass is 354 g/mol. The van der Waals surface area contributed by atoms with Crippen LogP contribution in [0.5, 0.6) is 0 Å². The highest BCUT2D eigenvalue weighted by Crippen LogP contribution is 2.16. The van der Waals surface area contributed by atoms with Crippen LogP contribution in [0, 0.1) is 5.82 Å². The number of halogens is 3. The first kappa shape index (κ1) is 23.2. The smallest absolute Gasteiger partial charge is 0.303 e. The summed E-state index contributed by atoms with van der Waals surface area (Å²) in [5, 5.41) is 8.61. The second kappa shape index (κ2) is 11.5. The van der Waals surface area contributed by atoms with Crippen LogP contribution in [-0.4, -0.2) is 28.6 Å². The number of carboxylic acid groups (broad SMARTS) is 1. The van der Waals surface area contributed by atoms with Gasteiger partial charge in [-0.3, -0.25) is 9.69 Å². The fourth-order valence-corrected chi connectivity index (χ4v) is 2.05. The third kappa shape index (κ3) is 8.41. The minimum absolute atomic E-state index is 0. The number of hydrogen-bond donors (Lipinski definition) is 2. The Balaban J connectivity index is 0. The average molecular weight is 355 g/mol. The maximum absolute atomic E-state index is 13.7. The molecule has 128 valence electrons. The van der Waals surface area contributed by atoms with Crippen molar-refractivity contribution in [2.45, 2.75) is 45.7 Å². The first-order chi connectivity index (χ1) is 9.40. The fraction of sp³-hybridized carbons (Fsp3) is 0.533. The molecule has 0 heterocycles. The van der Waals surface area contributed by atoms with Gasteiger partial charge in [-0.25, -0.2) is 4.39 Å². The van der Waals surface area contributed by atoms with Crippen LogP contribution in [-0.2, 0) is 11.3 Å². The minimum Gasteiger partial charge on any atom is -0.481 e. The van der Waals surface area contributed by atoms with E-state index in [0.29, 0.717) is 24.2 Å². The molecule has 1 aromatic rings. The van der Waals surface area contributed by atoms with Crippen LogP contribution in [0.25, 0.3) is 0 Å². The lowest BCUT2D eigenvalue weighted by Crippen LogP contribution is -2.31. The quantitative estimate of drug-likeness (QED) is 0.551. The maximum Gasteiger partial charge on any atom is 0.303 e. The summed E-state index contributed by atoms with van der Waals surface area (Å²) in [6.45, 7) is 5.32. The van der Waals surface area contributed by atoms with E-state index >= 15 is 0 Å². The van der Waals surface area contributed by atoms with Gasteiger partial charge in [0.25, 0.3) is 0 Å². The highest BCUT2D eigenvalue weighted by atomic mass is 35.5. The molecule has 0 amide bonds. The molecule has 0 aromatic heterocycles. The van der Waals surface area contributed by atoms with Crippen molar-refractivity contribution < 1.29 is 14.3 Å². The van der Waals surface area contributed by atoms with Crippen molar-refractivity contribution in [1.82, 2.24) is 4.90 Å². The molecule has 0 atom stereocenters. The molecule has 0 saturated heterocycles. The van der Waals surface area contributed by atoms with Crippen LogP contribution in [0.15, 0.2) is 18.2 Å². The van der Waals surface area contributed by atoms with Crippen LogP contribution in [0.3, 0.4) is 0 Å². The molecular weight excluding hydrogens is 330 g/mol. The molecule has 3 N–H and O–H groups in total. The van der Waals surface area contributed by atoms with Gasteiger partial charge >= 0.3 is 5.97 Å². The zero-order valence-corrected chi connectivity index (χ0v) is 14.6. The Morgan fingerprint density at radius 2 is 1.95 bits per heavy atom. The summed E-state index contributed by atoms with van der Waals surface area (Å²) in [5.41, 5.74) is 6.82. The fourth-order valence-electron chi connectivity index (χ4n) is 2.05. The first-order valence-electron chi connectivity index (χ1n) is 6.90. The van der Waals surface area contributed by atoms with Crippen LogP contribution < -0.4 is 5.73 Å². The van der Waals surface area contributed by atoms with Gasteiger partial charge in [0, 0.05) is 30.3 Å². The number of nitrogens with zero attached hydrogens (tertiary/aromatic N) is 1. The lowest BCUT2D eigenvalue weighted by molar-refractivity contribution is -0.137. The minimum atomic E-state index is -0.775. The number of benzene rings is 1. The van der Waals surface area contributed by atoms with Crippen LogP contribution in [0.1, 0.15) is 38.7 Å². The SMILES string of the molecule is CC(C)N(CCCCC(=O)O)Cc1cc(N)ccc1F.Cl.Cl. The van der Waals surface area contributed by atoms with Gasteiger partial charge in [-0.1, -0.05) is 0 Å². The Labute approximate surface area is 143 Å². The van der Waals surface area contributed by atoms with Gasteiger partial charge < -0.3 is 10.8 Å². The summed E-state index contributed by atoms with van der Waals surface area (Å²) in [7, 11) is 0. The number of hydrogen-bond acceptors (Lipinski definition) is 3. The normalized spacial score (nSPS) is 10.2. The van der Waals surface area contributed by atoms with Crippen molar-refractivity contribution in [2.75, 3.05) is 12.3 Å². The summed E-state index contributed by atoms with van der Waals surface area (Å²) in [5.74, 6) is -1.03. The predicted octanol–water partition coefficient (Wildman–Crippen LogP) is 3.72. The Bertz CT molecular complexity index is 459. The second-order valence-electron chi connectivity index (χ2n) is 5.27. The summed E-state index contributed by atoms with van der Waals surface area (Å²) < 4.78 is 13.7. The van der Waals surface area contributed by atoms with Gasteiger partial charge in [0.15, 0.2) is 0 Å². The number of nitrogens with two attached hydrogens (primary N) is 1. The largest absolute Gasteiger partial charge is 0.481 e. The number of rotatable bonds is 8. The van der Waals surface area contributed by atoms with E-state index in [1.165, 1.54) is 6.07 Å². The van der Waals surface area contributed by atoms with E-state index in [0.717, 1.165) is 13.0 Å². The lowest BCUT2D eigenvalue weighted by Gasteiger charge is -2.26. The van der Waals surface area contributed by atoms with E-state index in [2.05, 4.69) is 4.90 Å². The molecule has 22 heavy (non-hydrogen) atoms. The molecular formula is C15H25Cl2FN2O2. The maximum atomic E-state index is 13.7. The number of nitrogen functional groups attached to an aromatic ring is 1. The van der Waals surface area contributed by atoms with E-state index in [4.69, 9.17) is 10.8 Å². The molecule has 4 nitrogen and oxygen atoms in total. The van der Waals surface area contributed by atoms with E-state index in [1.807, 2.05) is 13.8 Å². The van der Waals surface area contributed by atoms with Crippen molar-refractivity contribution >= 4 is 36.5 Å². The van der Waals surface area contributed by atoms with E-state index in [1.54, 1.807) is 12.1 Å². The Morgan fingerprint density at radius 3 is 2.50 bits per heavy atom. The highest BCUT2D eigenvalue weighted by Gasteiger charge is 2.13. The zero-order chi connectivity index (χ0) is 15.1. The standard InChI is InChI=1S/C15H23FN2O2.2ClH/c1-11(2)18(8-4-3-5-15(19)20)10-12-9-13(17)6-7-14(12)16;;/h6-7,9,11H,3-5,8,10,17H2,1-2H3,(H,19,20);2*1H. The molecule has 0 aliphatic carbocycles. The summed E-state index contributed by atoms with van der Waals surface area (Å²) >= 11 is 0. The van der Waals surface area contributed by atoms with Gasteiger partial charge in [-0.15, -0.1) is 24.8 Å². The van der Waals surface area contributed by atoms with Gasteiger partial charge in [0.2, 0.25) is 0 Å². The Kier molecular flexibility index (Phi) is 12.2. The van der Waals surface area contributed by atoms with Crippen molar-refractivity contribution in [1.29, 1.82) is 0 Å². The Hall–Kier alpha value is -1.04. The molecule has 0 bridgehead atoms. The van der Waals surface area contributed by atoms with Gasteiger partial charge in [0.1, 0.15) is 5.82 Å². The number of unbranched alkanes of at least 4 members (excludes halogenated alkanes) is 1. The first-order valence-corrected chi connectivity index (χ1v) is 6.90. The molecule has 1 rings (SSSR count). The van der Waals surface area contributed by atoms with Crippen LogP contribution >= 0.6 is 24.8 Å². The summed E-state index contributed by atoms with van der Waals surface area (Å²) in [6.07, 6.45) is 1.60. The number of carboxylic acids is 1. The van der Waals surface area contributed by atoms with Crippen LogP contribution in [0.4, 0.5) is 10.1 Å². The van der Waals surface area contributed by atoms with Crippen molar-refractivity contribution in [3.05, 3.63) is 29.6 Å². The van der Waals surface area contributed by atoms with E-state index < -0.39 is 5.97 Å². The van der Waals surface area contributed by atoms with Crippen molar-refractivity contribution in [3.63, 3.8) is 0 Å². The molecule has 7 heteroatoms. The predicted molar refractivity (Wildman–Crippen MR) is 92.3 cm³/mol. The molecule has 0 saturated carbocycles. The topological polar surface area (TPSA) is 66.6 Å². The van der Waals surface area contributed by atoms with Crippen molar-refractivity contribution in [2.24, 2.45) is 0 Å². The summed E-state index contributed by atoms with van der Waals surface area (Å²) in [6, 6.07) is 4.85. The van der Waals surface area contributed by atoms with Crippen molar-refractivity contribution in [3.8, 4) is 0 Å². The number of aliphatic carboxylic acids is 1. The molecule has 0 spiro atoms. The zero-order valence-electron chi connectivity index (χ0n) is 12.9. The highest BCUT2D eigenvalue weighted by molar-refractivity contribution is 5.85. The average Bonchev–Trinajstić information content (AvgIpc) is 2.36. The third-order valence-electron chi connectivity index (χ3n) is 3.26. The van der Waals surface area contributed by atoms with Gasteiger partial charge in [0.05, 0.1) is 0 Å². The van der Waals surface area contributed by atoms with E-state index in [9.17, 15) is 9.18 Å². The van der Waals surface area contributed by atoms with Gasteiger partial charge in [-0.05, 0) is 51.4 Å². The van der Waals surface area contributed by atoms with Crippen LogP contribution in [0.2, 0.25) is 0 Å². The molecule has 1 aromatic carbocycles. The Morgan fingerprint density at radius 1 is 1.32 bits per heavy atom. The van der Waals surface area contributed by atoms with E-state index in [-0.39, 0.29) is 43.1 Å². The molecule has 0 fully saturated rings. The second-order valence-corrected chi connectivity index (χ2v) is 5.27. The van der Waals surface area contributed by atoms with Gasteiger partial charge in [-0.2, -0.15) is 0 Å². The molecule has 0 aliphatic rings. The lowest BCUT2D eigenvalue weighted by atomic mass is 10.1. The number of anilines is 1.